The standard InChI is InChI=1S/C18H19NO5/c20-16(14-11-6-7-12(9-11)15(14)18(23)24)19-13(17(21)22)8-10-4-2-1-3-5-10/h1-7,11-15H,8-9H2,(H,19,20)(H,21,22)(H,23,24)/t11-,12-,13-,14-,15-/m0/s1. The average molecular weight is 329 g/mol. The molecule has 1 fully saturated rings. The van der Waals surface area contributed by atoms with E-state index in [1.807, 2.05) is 18.2 Å². The maximum atomic E-state index is 12.6. The van der Waals surface area contributed by atoms with Gasteiger partial charge < -0.3 is 15.5 Å². The molecule has 0 spiro atoms. The van der Waals surface area contributed by atoms with Crippen LogP contribution in [0.15, 0.2) is 42.5 Å². The summed E-state index contributed by atoms with van der Waals surface area (Å²) in [5.41, 5.74) is 0.799. The number of carboxylic acids is 2. The molecule has 1 aromatic carbocycles. The number of nitrogens with one attached hydrogen (secondary N) is 1. The highest BCUT2D eigenvalue weighted by Gasteiger charge is 2.52. The van der Waals surface area contributed by atoms with Gasteiger partial charge in [-0.05, 0) is 23.8 Å². The van der Waals surface area contributed by atoms with Crippen LogP contribution in [-0.2, 0) is 20.8 Å². The molecule has 6 heteroatoms. The summed E-state index contributed by atoms with van der Waals surface area (Å²) < 4.78 is 0. The van der Waals surface area contributed by atoms with Gasteiger partial charge in [0.1, 0.15) is 6.04 Å². The third-order valence-corrected chi connectivity index (χ3v) is 4.94. The van der Waals surface area contributed by atoms with Crippen LogP contribution in [0.4, 0.5) is 0 Å². The van der Waals surface area contributed by atoms with Crippen LogP contribution < -0.4 is 5.32 Å². The highest BCUT2D eigenvalue weighted by molar-refractivity contribution is 5.89. The fourth-order valence-electron chi connectivity index (χ4n) is 3.83. The number of hydrogen-bond donors (Lipinski definition) is 3. The number of carbonyl (C=O) groups excluding carboxylic acids is 1. The summed E-state index contributed by atoms with van der Waals surface area (Å²) in [6.45, 7) is 0. The van der Waals surface area contributed by atoms with Crippen molar-refractivity contribution in [3.8, 4) is 0 Å². The Balaban J connectivity index is 1.73. The fraction of sp³-hybridized carbons (Fsp3) is 0.389. The van der Waals surface area contributed by atoms with Crippen molar-refractivity contribution in [3.05, 3.63) is 48.0 Å². The molecule has 2 aliphatic carbocycles. The van der Waals surface area contributed by atoms with Gasteiger partial charge in [-0.2, -0.15) is 0 Å². The van der Waals surface area contributed by atoms with E-state index in [1.54, 1.807) is 24.3 Å². The maximum Gasteiger partial charge on any atom is 0.326 e. The molecule has 0 saturated heterocycles. The van der Waals surface area contributed by atoms with Crippen molar-refractivity contribution in [2.75, 3.05) is 0 Å². The smallest absolute Gasteiger partial charge is 0.326 e. The van der Waals surface area contributed by atoms with Crippen molar-refractivity contribution in [2.24, 2.45) is 23.7 Å². The zero-order valence-electron chi connectivity index (χ0n) is 13.0. The molecule has 2 bridgehead atoms. The molecular formula is C18H19NO5. The Kier molecular flexibility index (Phi) is 4.38. The lowest BCUT2D eigenvalue weighted by Gasteiger charge is -2.25. The molecule has 1 aromatic rings. The van der Waals surface area contributed by atoms with Crippen molar-refractivity contribution >= 4 is 17.8 Å². The predicted molar refractivity (Wildman–Crippen MR) is 85.1 cm³/mol. The molecule has 2 aliphatic rings. The molecule has 3 N–H and O–H groups in total. The number of allylic oxidation sites excluding steroid dienone is 2. The fourth-order valence-corrected chi connectivity index (χ4v) is 3.83. The molecule has 24 heavy (non-hydrogen) atoms. The zero-order valence-corrected chi connectivity index (χ0v) is 13.0. The molecular weight excluding hydrogens is 310 g/mol. The summed E-state index contributed by atoms with van der Waals surface area (Å²) in [6, 6.07) is 7.95. The number of carbonyl (C=O) groups is 3. The number of hydrogen-bond acceptors (Lipinski definition) is 3. The molecule has 0 aliphatic heterocycles. The van der Waals surface area contributed by atoms with Crippen LogP contribution in [0, 0.1) is 23.7 Å². The van der Waals surface area contributed by atoms with Crippen LogP contribution in [0.25, 0.3) is 0 Å². The predicted octanol–water partition coefficient (Wildman–Crippen LogP) is 1.32. The normalized spacial score (nSPS) is 28.5. The van der Waals surface area contributed by atoms with E-state index < -0.39 is 35.7 Å². The summed E-state index contributed by atoms with van der Waals surface area (Å²) in [6.07, 6.45) is 4.54. The largest absolute Gasteiger partial charge is 0.481 e. The van der Waals surface area contributed by atoms with Crippen molar-refractivity contribution in [1.29, 1.82) is 0 Å². The van der Waals surface area contributed by atoms with Crippen LogP contribution >= 0.6 is 0 Å². The van der Waals surface area contributed by atoms with E-state index in [0.717, 1.165) is 5.56 Å². The monoisotopic (exact) mass is 329 g/mol. The second kappa shape index (κ2) is 6.47. The second-order valence-electron chi connectivity index (χ2n) is 6.43. The van der Waals surface area contributed by atoms with Crippen LogP contribution in [0.5, 0.6) is 0 Å². The van der Waals surface area contributed by atoms with Gasteiger partial charge in [0.15, 0.2) is 0 Å². The Bertz CT molecular complexity index is 684. The van der Waals surface area contributed by atoms with Crippen molar-refractivity contribution < 1.29 is 24.6 Å². The van der Waals surface area contributed by atoms with Crippen molar-refractivity contribution in [3.63, 3.8) is 0 Å². The Morgan fingerprint density at radius 1 is 1.04 bits per heavy atom. The van der Waals surface area contributed by atoms with Gasteiger partial charge in [0, 0.05) is 6.42 Å². The van der Waals surface area contributed by atoms with E-state index in [-0.39, 0.29) is 18.3 Å². The Morgan fingerprint density at radius 3 is 2.25 bits per heavy atom. The molecule has 0 heterocycles. The van der Waals surface area contributed by atoms with Gasteiger partial charge in [-0.1, -0.05) is 42.5 Å². The van der Waals surface area contributed by atoms with Crippen LogP contribution in [0.3, 0.4) is 0 Å². The summed E-state index contributed by atoms with van der Waals surface area (Å²) in [5, 5.41) is 21.3. The highest BCUT2D eigenvalue weighted by atomic mass is 16.4. The highest BCUT2D eigenvalue weighted by Crippen LogP contribution is 2.48. The first-order valence-corrected chi connectivity index (χ1v) is 7.95. The molecule has 3 rings (SSSR count). The maximum absolute atomic E-state index is 12.6. The Morgan fingerprint density at radius 2 is 1.67 bits per heavy atom. The molecule has 6 nitrogen and oxygen atoms in total. The number of aliphatic carboxylic acids is 2. The van der Waals surface area contributed by atoms with Gasteiger partial charge in [-0.25, -0.2) is 4.79 Å². The quantitative estimate of drug-likeness (QED) is 0.683. The van der Waals surface area contributed by atoms with Crippen LogP contribution in [-0.4, -0.2) is 34.1 Å². The van der Waals surface area contributed by atoms with Crippen LogP contribution in [0.2, 0.25) is 0 Å². The van der Waals surface area contributed by atoms with Crippen molar-refractivity contribution in [1.82, 2.24) is 5.32 Å². The van der Waals surface area contributed by atoms with Gasteiger partial charge in [0.05, 0.1) is 11.8 Å². The van der Waals surface area contributed by atoms with E-state index >= 15 is 0 Å². The molecule has 1 amide bonds. The Labute approximate surface area is 139 Å². The molecule has 0 unspecified atom stereocenters. The number of fused-ring (bicyclic) bond motifs is 2. The minimum Gasteiger partial charge on any atom is -0.481 e. The third-order valence-electron chi connectivity index (χ3n) is 4.94. The lowest BCUT2D eigenvalue weighted by atomic mass is 9.82. The van der Waals surface area contributed by atoms with Crippen LogP contribution in [0.1, 0.15) is 12.0 Å². The first kappa shape index (κ1) is 16.2. The van der Waals surface area contributed by atoms with Gasteiger partial charge in [0.25, 0.3) is 0 Å². The summed E-state index contributed by atoms with van der Waals surface area (Å²) >= 11 is 0. The summed E-state index contributed by atoms with van der Waals surface area (Å²) in [5.74, 6) is -4.34. The van der Waals surface area contributed by atoms with E-state index in [9.17, 15) is 24.6 Å². The number of benzene rings is 1. The first-order valence-electron chi connectivity index (χ1n) is 7.95. The van der Waals surface area contributed by atoms with Gasteiger partial charge in [-0.3, -0.25) is 9.59 Å². The lowest BCUT2D eigenvalue weighted by molar-refractivity contribution is -0.148. The topological polar surface area (TPSA) is 104 Å². The third kappa shape index (κ3) is 3.04. The van der Waals surface area contributed by atoms with Gasteiger partial charge in [-0.15, -0.1) is 0 Å². The van der Waals surface area contributed by atoms with E-state index in [2.05, 4.69) is 5.32 Å². The lowest BCUT2D eigenvalue weighted by Crippen LogP contribution is -2.48. The Hall–Kier alpha value is -2.63. The first-order chi connectivity index (χ1) is 11.5. The van der Waals surface area contributed by atoms with E-state index in [1.165, 1.54) is 0 Å². The second-order valence-corrected chi connectivity index (χ2v) is 6.43. The average Bonchev–Trinajstić information content (AvgIpc) is 3.16. The minimum atomic E-state index is -1.13. The SMILES string of the molecule is O=C(O)[C@@H]1[C@@H](C(=O)N[C@@H](Cc2ccccc2)C(=O)O)[C@H]2C=C[C@H]1C2. The number of amides is 1. The van der Waals surface area contributed by atoms with Crippen molar-refractivity contribution in [2.45, 2.75) is 18.9 Å². The number of rotatable bonds is 6. The van der Waals surface area contributed by atoms with Gasteiger partial charge >= 0.3 is 11.9 Å². The summed E-state index contributed by atoms with van der Waals surface area (Å²) in [4.78, 5) is 35.6. The van der Waals surface area contributed by atoms with Gasteiger partial charge in [0.2, 0.25) is 5.91 Å². The zero-order chi connectivity index (χ0) is 17.3. The molecule has 126 valence electrons. The molecule has 0 radical (unpaired) electrons. The summed E-state index contributed by atoms with van der Waals surface area (Å²) in [7, 11) is 0. The minimum absolute atomic E-state index is 0.123. The molecule has 1 saturated carbocycles. The number of carboxylic acid groups (broad SMARTS) is 2. The van der Waals surface area contributed by atoms with E-state index in [4.69, 9.17) is 0 Å². The van der Waals surface area contributed by atoms with E-state index in [0.29, 0.717) is 6.42 Å². The molecule has 0 aromatic heterocycles. The molecule has 5 atom stereocenters.